The van der Waals surface area contributed by atoms with Gasteiger partial charge in [0.2, 0.25) is 5.91 Å². The number of nitrogens with zero attached hydrogens (tertiary/aromatic N) is 1. The Hall–Kier alpha value is -2.82. The third-order valence-corrected chi connectivity index (χ3v) is 4.93. The molecular weight excluding hydrogens is 340 g/mol. The Labute approximate surface area is 160 Å². The summed E-state index contributed by atoms with van der Waals surface area (Å²) in [5.74, 6) is 0.215. The molecule has 3 rings (SSSR count). The first kappa shape index (κ1) is 19.0. The summed E-state index contributed by atoms with van der Waals surface area (Å²) in [5, 5.41) is 2.91. The van der Waals surface area contributed by atoms with Crippen molar-refractivity contribution in [2.45, 2.75) is 38.8 Å². The largest absolute Gasteiger partial charge is 0.496 e. The smallest absolute Gasteiger partial charge is 0.255 e. The van der Waals surface area contributed by atoms with Crippen LogP contribution in [0.25, 0.3) is 0 Å². The fraction of sp³-hybridized carbons (Fsp3) is 0.364. The number of methoxy groups -OCH3 is 1. The SMILES string of the molecule is COc1ccccc1C(=O)NC1CCCCN(Cc2ccc(C)cc2)C1=O. The minimum atomic E-state index is -0.504. The molecule has 0 saturated carbocycles. The Bertz CT molecular complexity index is 801. The second kappa shape index (κ2) is 8.71. The molecule has 0 aliphatic carbocycles. The van der Waals surface area contributed by atoms with E-state index in [9.17, 15) is 9.59 Å². The number of para-hydroxylation sites is 1. The summed E-state index contributed by atoms with van der Waals surface area (Å²) in [7, 11) is 1.53. The summed E-state index contributed by atoms with van der Waals surface area (Å²) >= 11 is 0. The first-order chi connectivity index (χ1) is 13.1. The minimum Gasteiger partial charge on any atom is -0.496 e. The van der Waals surface area contributed by atoms with Gasteiger partial charge >= 0.3 is 0 Å². The molecule has 142 valence electrons. The van der Waals surface area contributed by atoms with Gasteiger partial charge in [0, 0.05) is 13.1 Å². The van der Waals surface area contributed by atoms with Crippen molar-refractivity contribution >= 4 is 11.8 Å². The van der Waals surface area contributed by atoms with Gasteiger partial charge in [0.1, 0.15) is 11.8 Å². The van der Waals surface area contributed by atoms with Crippen molar-refractivity contribution in [3.63, 3.8) is 0 Å². The van der Waals surface area contributed by atoms with E-state index in [1.807, 2.05) is 17.9 Å². The van der Waals surface area contributed by atoms with Crippen molar-refractivity contribution in [1.82, 2.24) is 10.2 Å². The lowest BCUT2D eigenvalue weighted by Gasteiger charge is -2.25. The highest BCUT2D eigenvalue weighted by atomic mass is 16.5. The Morgan fingerprint density at radius 3 is 2.63 bits per heavy atom. The topological polar surface area (TPSA) is 58.6 Å². The van der Waals surface area contributed by atoms with Crippen LogP contribution in [0.4, 0.5) is 0 Å². The van der Waals surface area contributed by atoms with Crippen LogP contribution >= 0.6 is 0 Å². The highest BCUT2D eigenvalue weighted by molar-refractivity contribution is 5.99. The molecule has 0 bridgehead atoms. The van der Waals surface area contributed by atoms with Crippen LogP contribution in [0.3, 0.4) is 0 Å². The number of amides is 2. The van der Waals surface area contributed by atoms with Crippen molar-refractivity contribution in [2.24, 2.45) is 0 Å². The summed E-state index contributed by atoms with van der Waals surface area (Å²) < 4.78 is 5.26. The molecule has 1 heterocycles. The number of likely N-dealkylation sites (tertiary alicyclic amines) is 1. The molecule has 1 aliphatic heterocycles. The second-order valence-corrected chi connectivity index (χ2v) is 6.97. The molecule has 0 aromatic heterocycles. The van der Waals surface area contributed by atoms with Gasteiger partial charge in [-0.3, -0.25) is 9.59 Å². The molecule has 2 aromatic rings. The molecule has 2 amide bonds. The number of hydrogen-bond acceptors (Lipinski definition) is 3. The molecule has 1 N–H and O–H groups in total. The monoisotopic (exact) mass is 366 g/mol. The summed E-state index contributed by atoms with van der Waals surface area (Å²) in [6, 6.07) is 14.8. The number of carbonyl (C=O) groups is 2. The van der Waals surface area contributed by atoms with E-state index in [4.69, 9.17) is 4.74 Å². The second-order valence-electron chi connectivity index (χ2n) is 6.97. The normalized spacial score (nSPS) is 17.3. The first-order valence-electron chi connectivity index (χ1n) is 9.36. The predicted molar refractivity (Wildman–Crippen MR) is 105 cm³/mol. The number of benzene rings is 2. The van der Waals surface area contributed by atoms with Crippen LogP contribution < -0.4 is 10.1 Å². The number of aryl methyl sites for hydroxylation is 1. The number of carbonyl (C=O) groups excluding carboxylic acids is 2. The van der Waals surface area contributed by atoms with Crippen molar-refractivity contribution in [1.29, 1.82) is 0 Å². The summed E-state index contributed by atoms with van der Waals surface area (Å²) in [4.78, 5) is 27.6. The first-order valence-corrected chi connectivity index (χ1v) is 9.36. The van der Waals surface area contributed by atoms with Crippen LogP contribution in [0.1, 0.15) is 40.7 Å². The van der Waals surface area contributed by atoms with Gasteiger partial charge in [0.05, 0.1) is 12.7 Å². The van der Waals surface area contributed by atoms with E-state index in [0.29, 0.717) is 30.8 Å². The zero-order valence-corrected chi connectivity index (χ0v) is 15.9. The van der Waals surface area contributed by atoms with E-state index in [-0.39, 0.29) is 11.8 Å². The Morgan fingerprint density at radius 2 is 1.89 bits per heavy atom. The quantitative estimate of drug-likeness (QED) is 0.883. The third-order valence-electron chi connectivity index (χ3n) is 4.93. The number of nitrogens with one attached hydrogen (secondary N) is 1. The maximum Gasteiger partial charge on any atom is 0.255 e. The van der Waals surface area contributed by atoms with Crippen molar-refractivity contribution in [3.05, 3.63) is 65.2 Å². The zero-order valence-electron chi connectivity index (χ0n) is 15.9. The highest BCUT2D eigenvalue weighted by Crippen LogP contribution is 2.19. The van der Waals surface area contributed by atoms with Gasteiger partial charge in [0.25, 0.3) is 5.91 Å². The average Bonchev–Trinajstić information content (AvgIpc) is 2.85. The Morgan fingerprint density at radius 1 is 1.15 bits per heavy atom. The van der Waals surface area contributed by atoms with Crippen LogP contribution in [0.5, 0.6) is 5.75 Å². The Kier molecular flexibility index (Phi) is 6.12. The van der Waals surface area contributed by atoms with Crippen LogP contribution in [-0.2, 0) is 11.3 Å². The lowest BCUT2D eigenvalue weighted by Crippen LogP contribution is -2.47. The molecule has 0 spiro atoms. The lowest BCUT2D eigenvalue weighted by molar-refractivity contribution is -0.133. The van der Waals surface area contributed by atoms with Crippen LogP contribution in [-0.4, -0.2) is 36.4 Å². The van der Waals surface area contributed by atoms with Gasteiger partial charge in [-0.15, -0.1) is 0 Å². The van der Waals surface area contributed by atoms with E-state index in [1.54, 1.807) is 18.2 Å². The fourth-order valence-electron chi connectivity index (χ4n) is 3.38. The molecule has 5 heteroatoms. The summed E-state index contributed by atoms with van der Waals surface area (Å²) in [5.41, 5.74) is 2.75. The highest BCUT2D eigenvalue weighted by Gasteiger charge is 2.29. The number of hydrogen-bond donors (Lipinski definition) is 1. The molecular formula is C22H26N2O3. The van der Waals surface area contributed by atoms with E-state index < -0.39 is 6.04 Å². The standard InChI is InChI=1S/C22H26N2O3/c1-16-10-12-17(13-11-16)15-24-14-6-5-8-19(22(24)26)23-21(25)18-7-3-4-9-20(18)27-2/h3-4,7,9-13,19H,5-6,8,14-15H2,1-2H3,(H,23,25). The third kappa shape index (κ3) is 4.67. The van der Waals surface area contributed by atoms with Gasteiger partial charge in [0.15, 0.2) is 0 Å². The summed E-state index contributed by atoms with van der Waals surface area (Å²) in [6.45, 7) is 3.33. The van der Waals surface area contributed by atoms with E-state index in [1.165, 1.54) is 12.7 Å². The molecule has 2 aromatic carbocycles. The minimum absolute atomic E-state index is 0.0173. The molecule has 1 saturated heterocycles. The van der Waals surface area contributed by atoms with Gasteiger partial charge < -0.3 is 15.0 Å². The van der Waals surface area contributed by atoms with Crippen LogP contribution in [0.2, 0.25) is 0 Å². The molecule has 5 nitrogen and oxygen atoms in total. The maximum absolute atomic E-state index is 13.0. The molecule has 1 atom stereocenters. The van der Waals surface area contributed by atoms with E-state index in [0.717, 1.165) is 18.4 Å². The van der Waals surface area contributed by atoms with Crippen LogP contribution in [0.15, 0.2) is 48.5 Å². The molecule has 1 aliphatic rings. The lowest BCUT2D eigenvalue weighted by atomic mass is 10.1. The zero-order chi connectivity index (χ0) is 19.2. The van der Waals surface area contributed by atoms with E-state index >= 15 is 0 Å². The maximum atomic E-state index is 13.0. The average molecular weight is 366 g/mol. The number of ether oxygens (including phenoxy) is 1. The van der Waals surface area contributed by atoms with Gasteiger partial charge in [-0.2, -0.15) is 0 Å². The van der Waals surface area contributed by atoms with Crippen LogP contribution in [0, 0.1) is 6.92 Å². The Balaban J connectivity index is 1.71. The van der Waals surface area contributed by atoms with Crippen molar-refractivity contribution in [2.75, 3.05) is 13.7 Å². The van der Waals surface area contributed by atoms with E-state index in [2.05, 4.69) is 29.6 Å². The van der Waals surface area contributed by atoms with Gasteiger partial charge in [-0.1, -0.05) is 42.0 Å². The van der Waals surface area contributed by atoms with Crippen molar-refractivity contribution < 1.29 is 14.3 Å². The summed E-state index contributed by atoms with van der Waals surface area (Å²) in [6.07, 6.45) is 2.51. The van der Waals surface area contributed by atoms with Crippen molar-refractivity contribution in [3.8, 4) is 5.75 Å². The number of rotatable bonds is 5. The van der Waals surface area contributed by atoms with Gasteiger partial charge in [-0.05, 0) is 43.9 Å². The molecule has 1 fully saturated rings. The molecule has 27 heavy (non-hydrogen) atoms. The molecule has 0 radical (unpaired) electrons. The van der Waals surface area contributed by atoms with Gasteiger partial charge in [-0.25, -0.2) is 0 Å². The predicted octanol–water partition coefficient (Wildman–Crippen LogP) is 3.31. The fourth-order valence-corrected chi connectivity index (χ4v) is 3.38. The molecule has 1 unspecified atom stereocenters.